The van der Waals surface area contributed by atoms with Gasteiger partial charge in [0.1, 0.15) is 12.1 Å². The van der Waals surface area contributed by atoms with Crippen LogP contribution < -0.4 is 10.6 Å². The number of hydrogen-bond acceptors (Lipinski definition) is 5. The Morgan fingerprint density at radius 3 is 2.48 bits per heavy atom. The zero-order valence-electron chi connectivity index (χ0n) is 11.6. The molecular weight excluding hydrogens is 305 g/mol. The van der Waals surface area contributed by atoms with Crippen molar-refractivity contribution in [3.63, 3.8) is 0 Å². The normalized spacial score (nSPS) is 10.3. The van der Waals surface area contributed by atoms with E-state index in [1.165, 1.54) is 36.6 Å². The van der Waals surface area contributed by atoms with Crippen molar-refractivity contribution in [3.05, 3.63) is 66.2 Å². The number of aromatic nitrogens is 1. The average molecular weight is 315 g/mol. The Bertz CT molecular complexity index is 825. The van der Waals surface area contributed by atoms with E-state index in [2.05, 4.69) is 15.6 Å². The number of benzene rings is 1. The van der Waals surface area contributed by atoms with Gasteiger partial charge in [-0.1, -0.05) is 0 Å². The maximum absolute atomic E-state index is 12.8. The van der Waals surface area contributed by atoms with E-state index in [0.717, 1.165) is 6.26 Å². The number of oxazole rings is 1. The number of halogens is 1. The molecule has 2 N–H and O–H groups in total. The van der Waals surface area contributed by atoms with Crippen LogP contribution in [-0.2, 0) is 0 Å². The molecule has 0 saturated carbocycles. The number of hydrogen-bond donors (Lipinski definition) is 2. The second-order valence-electron chi connectivity index (χ2n) is 4.43. The number of anilines is 2. The molecule has 0 radical (unpaired) electrons. The zero-order chi connectivity index (χ0) is 16.2. The number of carbonyl (C=O) groups excluding carboxylic acids is 2. The molecule has 2 amide bonds. The summed E-state index contributed by atoms with van der Waals surface area (Å²) in [7, 11) is 0. The molecule has 0 spiro atoms. The van der Waals surface area contributed by atoms with Gasteiger partial charge in [0.2, 0.25) is 0 Å². The number of carbonyl (C=O) groups is 2. The summed E-state index contributed by atoms with van der Waals surface area (Å²) in [5.74, 6) is -1.44. The molecule has 0 aliphatic rings. The Morgan fingerprint density at radius 2 is 1.78 bits per heavy atom. The van der Waals surface area contributed by atoms with Gasteiger partial charge in [-0.3, -0.25) is 14.9 Å². The summed E-state index contributed by atoms with van der Waals surface area (Å²) >= 11 is 0. The maximum atomic E-state index is 12.8. The lowest BCUT2D eigenvalue weighted by Crippen LogP contribution is -2.14. The number of amides is 2. The quantitative estimate of drug-likeness (QED) is 0.771. The van der Waals surface area contributed by atoms with Crippen molar-refractivity contribution < 1.29 is 22.8 Å². The molecule has 0 bridgehead atoms. The topological polar surface area (TPSA) is 97.4 Å². The van der Waals surface area contributed by atoms with Crippen molar-refractivity contribution in [2.24, 2.45) is 0 Å². The molecule has 7 nitrogen and oxygen atoms in total. The highest BCUT2D eigenvalue weighted by Gasteiger charge is 2.16. The predicted molar refractivity (Wildman–Crippen MR) is 77.5 cm³/mol. The van der Waals surface area contributed by atoms with Crippen LogP contribution in [0.2, 0.25) is 0 Å². The van der Waals surface area contributed by atoms with Crippen LogP contribution in [0.5, 0.6) is 0 Å². The Labute approximate surface area is 129 Å². The summed E-state index contributed by atoms with van der Waals surface area (Å²) in [5, 5.41) is 4.87. The van der Waals surface area contributed by atoms with E-state index < -0.39 is 17.6 Å². The third kappa shape index (κ3) is 3.43. The molecule has 0 fully saturated rings. The van der Waals surface area contributed by atoms with Gasteiger partial charge in [-0.15, -0.1) is 0 Å². The molecule has 0 saturated heterocycles. The van der Waals surface area contributed by atoms with E-state index in [1.54, 1.807) is 6.07 Å². The molecule has 1 aromatic carbocycles. The van der Waals surface area contributed by atoms with E-state index in [4.69, 9.17) is 8.83 Å². The molecular formula is C15H10FN3O4. The first-order chi connectivity index (χ1) is 11.1. The van der Waals surface area contributed by atoms with Gasteiger partial charge < -0.3 is 14.2 Å². The highest BCUT2D eigenvalue weighted by atomic mass is 19.1. The van der Waals surface area contributed by atoms with Gasteiger partial charge in [0, 0.05) is 5.69 Å². The lowest BCUT2D eigenvalue weighted by atomic mass is 10.3. The third-order valence-electron chi connectivity index (χ3n) is 2.80. The lowest BCUT2D eigenvalue weighted by molar-refractivity contribution is 0.0990. The minimum absolute atomic E-state index is 0.0379. The van der Waals surface area contributed by atoms with Gasteiger partial charge in [-0.05, 0) is 36.4 Å². The Hall–Kier alpha value is -3.42. The van der Waals surface area contributed by atoms with Gasteiger partial charge in [0.25, 0.3) is 11.8 Å². The van der Waals surface area contributed by atoms with E-state index >= 15 is 0 Å². The van der Waals surface area contributed by atoms with Crippen LogP contribution in [0.4, 0.5) is 16.1 Å². The zero-order valence-corrected chi connectivity index (χ0v) is 11.6. The van der Waals surface area contributed by atoms with Crippen molar-refractivity contribution in [2.45, 2.75) is 0 Å². The molecule has 2 heterocycles. The SMILES string of the molecule is O=C(Nc1ccc(F)cc1)c1coc(NC(=O)c2ccco2)n1. The van der Waals surface area contributed by atoms with Gasteiger partial charge in [-0.25, -0.2) is 4.39 Å². The number of nitrogens with one attached hydrogen (secondary N) is 2. The summed E-state index contributed by atoms with van der Waals surface area (Å²) in [4.78, 5) is 27.6. The summed E-state index contributed by atoms with van der Waals surface area (Å²) in [5.41, 5.74) is 0.365. The molecule has 0 atom stereocenters. The summed E-state index contributed by atoms with van der Waals surface area (Å²) in [6, 6.07) is 8.14. The van der Waals surface area contributed by atoms with Crippen LogP contribution in [0, 0.1) is 5.82 Å². The van der Waals surface area contributed by atoms with Crippen molar-refractivity contribution in [1.82, 2.24) is 4.98 Å². The smallest absolute Gasteiger partial charge is 0.302 e. The van der Waals surface area contributed by atoms with Crippen molar-refractivity contribution >= 4 is 23.5 Å². The monoisotopic (exact) mass is 315 g/mol. The minimum atomic E-state index is -0.557. The fraction of sp³-hybridized carbons (Fsp3) is 0. The molecule has 0 aliphatic carbocycles. The molecule has 3 rings (SSSR count). The summed E-state index contributed by atoms with van der Waals surface area (Å²) < 4.78 is 22.7. The third-order valence-corrected chi connectivity index (χ3v) is 2.80. The van der Waals surface area contributed by atoms with Crippen LogP contribution in [0.1, 0.15) is 21.0 Å². The highest BCUT2D eigenvalue weighted by Crippen LogP contribution is 2.13. The van der Waals surface area contributed by atoms with Crippen molar-refractivity contribution in [3.8, 4) is 0 Å². The number of rotatable bonds is 4. The average Bonchev–Trinajstić information content (AvgIpc) is 3.20. The fourth-order valence-electron chi connectivity index (χ4n) is 1.73. The highest BCUT2D eigenvalue weighted by molar-refractivity contribution is 6.04. The molecule has 3 aromatic rings. The van der Waals surface area contributed by atoms with Gasteiger partial charge in [0.15, 0.2) is 11.5 Å². The van der Waals surface area contributed by atoms with Gasteiger partial charge in [-0.2, -0.15) is 4.98 Å². The molecule has 116 valence electrons. The Morgan fingerprint density at radius 1 is 1.00 bits per heavy atom. The van der Waals surface area contributed by atoms with Crippen molar-refractivity contribution in [2.75, 3.05) is 10.6 Å². The van der Waals surface area contributed by atoms with Crippen LogP contribution in [-0.4, -0.2) is 16.8 Å². The van der Waals surface area contributed by atoms with Crippen LogP contribution in [0.15, 0.2) is 57.8 Å². The first-order valence-corrected chi connectivity index (χ1v) is 6.49. The van der Waals surface area contributed by atoms with E-state index in [9.17, 15) is 14.0 Å². The first kappa shape index (κ1) is 14.5. The van der Waals surface area contributed by atoms with Gasteiger partial charge in [0.05, 0.1) is 6.26 Å². The Balaban J connectivity index is 1.65. The van der Waals surface area contributed by atoms with Crippen molar-refractivity contribution in [1.29, 1.82) is 0 Å². The van der Waals surface area contributed by atoms with Crippen LogP contribution >= 0.6 is 0 Å². The van der Waals surface area contributed by atoms with E-state index in [1.807, 2.05) is 0 Å². The molecule has 23 heavy (non-hydrogen) atoms. The molecule has 0 aliphatic heterocycles. The van der Waals surface area contributed by atoms with Gasteiger partial charge >= 0.3 is 6.01 Å². The number of furan rings is 1. The van der Waals surface area contributed by atoms with Crippen LogP contribution in [0.25, 0.3) is 0 Å². The van der Waals surface area contributed by atoms with E-state index in [-0.39, 0.29) is 17.5 Å². The van der Waals surface area contributed by atoms with Crippen LogP contribution in [0.3, 0.4) is 0 Å². The first-order valence-electron chi connectivity index (χ1n) is 6.49. The molecule has 2 aromatic heterocycles. The molecule has 8 heteroatoms. The Kier molecular flexibility index (Phi) is 3.88. The second kappa shape index (κ2) is 6.14. The summed E-state index contributed by atoms with van der Waals surface area (Å²) in [6.07, 6.45) is 2.45. The van der Waals surface area contributed by atoms with E-state index in [0.29, 0.717) is 5.69 Å². The number of nitrogens with zero attached hydrogens (tertiary/aromatic N) is 1. The predicted octanol–water partition coefficient (Wildman–Crippen LogP) is 2.91. The summed E-state index contributed by atoms with van der Waals surface area (Å²) in [6.45, 7) is 0. The standard InChI is InChI=1S/C15H10FN3O4/c16-9-3-5-10(6-4-9)17-13(20)11-8-23-15(18-11)19-14(21)12-2-1-7-22-12/h1-8H,(H,17,20)(H,18,19,21). The minimum Gasteiger partial charge on any atom is -0.459 e. The fourth-order valence-corrected chi connectivity index (χ4v) is 1.73. The molecule has 0 unspecified atom stereocenters. The largest absolute Gasteiger partial charge is 0.459 e. The lowest BCUT2D eigenvalue weighted by Gasteiger charge is -2.01. The second-order valence-corrected chi connectivity index (χ2v) is 4.43. The maximum Gasteiger partial charge on any atom is 0.302 e.